The van der Waals surface area contributed by atoms with E-state index in [1.54, 1.807) is 18.2 Å². The van der Waals surface area contributed by atoms with Crippen molar-refractivity contribution >= 4 is 17.8 Å². The van der Waals surface area contributed by atoms with Crippen LogP contribution in [0.1, 0.15) is 42.5 Å². The Morgan fingerprint density at radius 3 is 2.62 bits per heavy atom. The third kappa shape index (κ3) is 5.91. The molecule has 1 aromatic carbocycles. The first-order valence-electron chi connectivity index (χ1n) is 8.07. The molecule has 0 atom stereocenters. The summed E-state index contributed by atoms with van der Waals surface area (Å²) in [7, 11) is 0. The summed E-state index contributed by atoms with van der Waals surface area (Å²) in [5.74, 6) is -1.41. The van der Waals surface area contributed by atoms with E-state index >= 15 is 0 Å². The highest BCUT2D eigenvalue weighted by Crippen LogP contribution is 2.17. The zero-order valence-electron chi connectivity index (χ0n) is 13.4. The summed E-state index contributed by atoms with van der Waals surface area (Å²) in [6, 6.07) is 6.37. The molecule has 0 heterocycles. The van der Waals surface area contributed by atoms with Gasteiger partial charge in [-0.1, -0.05) is 25.3 Å². The monoisotopic (exact) mass is 334 g/mol. The van der Waals surface area contributed by atoms with Gasteiger partial charge in [0, 0.05) is 11.6 Å². The van der Waals surface area contributed by atoms with Gasteiger partial charge in [0.1, 0.15) is 5.75 Å². The number of ether oxygens (including phenoxy) is 1. The number of aliphatic carboxylic acids is 1. The van der Waals surface area contributed by atoms with Gasteiger partial charge in [0.2, 0.25) is 5.91 Å². The predicted octanol–water partition coefficient (Wildman–Crippen LogP) is 1.33. The number of carboxylic acids is 1. The molecule has 0 unspecified atom stereocenters. The van der Waals surface area contributed by atoms with Crippen LogP contribution >= 0.6 is 0 Å². The summed E-state index contributed by atoms with van der Waals surface area (Å²) in [5, 5.41) is 14.1. The molecule has 7 nitrogen and oxygen atoms in total. The van der Waals surface area contributed by atoms with Crippen molar-refractivity contribution in [2.75, 3.05) is 13.2 Å². The van der Waals surface area contributed by atoms with Gasteiger partial charge in [-0.05, 0) is 31.0 Å². The number of carbonyl (C=O) groups excluding carboxylic acids is 2. The SMILES string of the molecule is O=C(O)COc1cccc(C(=O)NCC(=O)NC2CCCCC2)c1. The van der Waals surface area contributed by atoms with E-state index in [1.165, 1.54) is 12.5 Å². The summed E-state index contributed by atoms with van der Waals surface area (Å²) in [4.78, 5) is 34.4. The van der Waals surface area contributed by atoms with E-state index in [1.807, 2.05) is 0 Å². The van der Waals surface area contributed by atoms with Gasteiger partial charge in [0.15, 0.2) is 6.61 Å². The zero-order chi connectivity index (χ0) is 17.4. The van der Waals surface area contributed by atoms with E-state index in [4.69, 9.17) is 9.84 Å². The molecule has 1 aliphatic carbocycles. The van der Waals surface area contributed by atoms with Crippen molar-refractivity contribution in [3.05, 3.63) is 29.8 Å². The number of nitrogens with one attached hydrogen (secondary N) is 2. The Labute approximate surface area is 140 Å². The minimum atomic E-state index is -1.09. The van der Waals surface area contributed by atoms with E-state index < -0.39 is 18.5 Å². The first-order chi connectivity index (χ1) is 11.5. The molecule has 24 heavy (non-hydrogen) atoms. The molecule has 7 heteroatoms. The maximum atomic E-state index is 12.1. The molecule has 1 saturated carbocycles. The van der Waals surface area contributed by atoms with Gasteiger partial charge in [-0.2, -0.15) is 0 Å². The first-order valence-corrected chi connectivity index (χ1v) is 8.07. The third-order valence-electron chi connectivity index (χ3n) is 3.84. The number of carbonyl (C=O) groups is 3. The second kappa shape index (κ2) is 8.90. The molecular formula is C17H22N2O5. The van der Waals surface area contributed by atoms with E-state index in [-0.39, 0.29) is 24.2 Å². The molecule has 1 aliphatic rings. The number of benzene rings is 1. The molecule has 2 rings (SSSR count). The largest absolute Gasteiger partial charge is 0.482 e. The van der Waals surface area contributed by atoms with Gasteiger partial charge in [-0.25, -0.2) is 4.79 Å². The molecule has 0 spiro atoms. The molecule has 130 valence electrons. The normalized spacial score (nSPS) is 14.7. The van der Waals surface area contributed by atoms with Crippen molar-refractivity contribution in [2.24, 2.45) is 0 Å². The lowest BCUT2D eigenvalue weighted by Gasteiger charge is -2.22. The van der Waals surface area contributed by atoms with Gasteiger partial charge >= 0.3 is 5.97 Å². The van der Waals surface area contributed by atoms with E-state index in [0.29, 0.717) is 5.56 Å². The predicted molar refractivity (Wildman–Crippen MR) is 86.9 cm³/mol. The number of hydrogen-bond donors (Lipinski definition) is 3. The standard InChI is InChI=1S/C17H22N2O5/c20-15(19-13-6-2-1-3-7-13)10-18-17(23)12-5-4-8-14(9-12)24-11-16(21)22/h4-5,8-9,13H,1-3,6-7,10-11H2,(H,18,23)(H,19,20)(H,21,22). The maximum absolute atomic E-state index is 12.1. The van der Waals surface area contributed by atoms with Crippen LogP contribution in [-0.2, 0) is 9.59 Å². The molecule has 0 bridgehead atoms. The van der Waals surface area contributed by atoms with Crippen LogP contribution < -0.4 is 15.4 Å². The number of rotatable bonds is 7. The lowest BCUT2D eigenvalue weighted by Crippen LogP contribution is -2.42. The average Bonchev–Trinajstić information content (AvgIpc) is 2.59. The Morgan fingerprint density at radius 2 is 1.92 bits per heavy atom. The van der Waals surface area contributed by atoms with Crippen LogP contribution in [0.2, 0.25) is 0 Å². The molecule has 0 saturated heterocycles. The molecule has 1 aromatic rings. The number of hydrogen-bond acceptors (Lipinski definition) is 4. The molecule has 1 fully saturated rings. The summed E-state index contributed by atoms with van der Waals surface area (Å²) >= 11 is 0. The van der Waals surface area contributed by atoms with Crippen molar-refractivity contribution in [2.45, 2.75) is 38.1 Å². The highest BCUT2D eigenvalue weighted by atomic mass is 16.5. The van der Waals surface area contributed by atoms with Gasteiger partial charge in [0.25, 0.3) is 5.91 Å². The van der Waals surface area contributed by atoms with Crippen LogP contribution in [0.5, 0.6) is 5.75 Å². The molecule has 3 N–H and O–H groups in total. The Hall–Kier alpha value is -2.57. The van der Waals surface area contributed by atoms with E-state index in [0.717, 1.165) is 25.7 Å². The average molecular weight is 334 g/mol. The second-order valence-corrected chi connectivity index (χ2v) is 5.80. The maximum Gasteiger partial charge on any atom is 0.341 e. The Balaban J connectivity index is 1.80. The lowest BCUT2D eigenvalue weighted by molar-refractivity contribution is -0.139. The van der Waals surface area contributed by atoms with E-state index in [9.17, 15) is 14.4 Å². The van der Waals surface area contributed by atoms with Crippen LogP contribution in [0.4, 0.5) is 0 Å². The highest BCUT2D eigenvalue weighted by molar-refractivity contribution is 5.96. The smallest absolute Gasteiger partial charge is 0.341 e. The minimum Gasteiger partial charge on any atom is -0.482 e. The first kappa shape index (κ1) is 17.8. The quantitative estimate of drug-likeness (QED) is 0.698. The lowest BCUT2D eigenvalue weighted by atomic mass is 9.95. The van der Waals surface area contributed by atoms with Crippen molar-refractivity contribution in [3.8, 4) is 5.75 Å². The van der Waals surface area contributed by atoms with Gasteiger partial charge < -0.3 is 20.5 Å². The highest BCUT2D eigenvalue weighted by Gasteiger charge is 2.16. The minimum absolute atomic E-state index is 0.0878. The van der Waals surface area contributed by atoms with Crippen molar-refractivity contribution in [3.63, 3.8) is 0 Å². The summed E-state index contributed by atoms with van der Waals surface area (Å²) in [6.07, 6.45) is 5.44. The van der Waals surface area contributed by atoms with Crippen LogP contribution in [0.25, 0.3) is 0 Å². The summed E-state index contributed by atoms with van der Waals surface area (Å²) in [5.41, 5.74) is 0.309. The molecular weight excluding hydrogens is 312 g/mol. The number of carboxylic acid groups (broad SMARTS) is 1. The van der Waals surface area contributed by atoms with Gasteiger partial charge in [-0.15, -0.1) is 0 Å². The van der Waals surface area contributed by atoms with Crippen LogP contribution in [0.15, 0.2) is 24.3 Å². The van der Waals surface area contributed by atoms with Gasteiger partial charge in [-0.3, -0.25) is 9.59 Å². The Morgan fingerprint density at radius 1 is 1.17 bits per heavy atom. The molecule has 0 aliphatic heterocycles. The van der Waals surface area contributed by atoms with Crippen LogP contribution in [0, 0.1) is 0 Å². The van der Waals surface area contributed by atoms with E-state index in [2.05, 4.69) is 10.6 Å². The Bertz CT molecular complexity index is 596. The van der Waals surface area contributed by atoms with Crippen molar-refractivity contribution in [1.29, 1.82) is 0 Å². The van der Waals surface area contributed by atoms with Crippen molar-refractivity contribution < 1.29 is 24.2 Å². The fourth-order valence-corrected chi connectivity index (χ4v) is 2.66. The Kier molecular flexibility index (Phi) is 6.60. The third-order valence-corrected chi connectivity index (χ3v) is 3.84. The van der Waals surface area contributed by atoms with Crippen LogP contribution in [-0.4, -0.2) is 42.1 Å². The summed E-state index contributed by atoms with van der Waals surface area (Å²) in [6.45, 7) is -0.565. The molecule has 2 amide bonds. The summed E-state index contributed by atoms with van der Waals surface area (Å²) < 4.78 is 5.03. The fourth-order valence-electron chi connectivity index (χ4n) is 2.66. The number of amides is 2. The topological polar surface area (TPSA) is 105 Å². The fraction of sp³-hybridized carbons (Fsp3) is 0.471. The molecule has 0 aromatic heterocycles. The zero-order valence-corrected chi connectivity index (χ0v) is 13.4. The second-order valence-electron chi connectivity index (χ2n) is 5.80. The molecule has 0 radical (unpaired) electrons. The van der Waals surface area contributed by atoms with Crippen LogP contribution in [0.3, 0.4) is 0 Å². The van der Waals surface area contributed by atoms with Gasteiger partial charge in [0.05, 0.1) is 6.54 Å². The van der Waals surface area contributed by atoms with Crippen molar-refractivity contribution in [1.82, 2.24) is 10.6 Å².